The number of benzene rings is 1. The molecule has 0 amide bonds. The van der Waals surface area contributed by atoms with Gasteiger partial charge in [0.25, 0.3) is 0 Å². The summed E-state index contributed by atoms with van der Waals surface area (Å²) in [7, 11) is 0. The van der Waals surface area contributed by atoms with E-state index in [0.29, 0.717) is 30.5 Å². The average molecular weight is 215 g/mol. The summed E-state index contributed by atoms with van der Waals surface area (Å²) in [5, 5.41) is 3.06. The molecule has 0 heterocycles. The predicted octanol–water partition coefficient (Wildman–Crippen LogP) is 2.70. The van der Waals surface area contributed by atoms with Crippen molar-refractivity contribution < 1.29 is 13.2 Å². The van der Waals surface area contributed by atoms with Crippen LogP contribution in [0.15, 0.2) is 6.07 Å². The first-order valence-corrected chi connectivity index (χ1v) is 5.04. The monoisotopic (exact) mass is 215 g/mol. The molecule has 1 aliphatic rings. The second-order valence-electron chi connectivity index (χ2n) is 3.71. The Morgan fingerprint density at radius 2 is 2.07 bits per heavy atom. The van der Waals surface area contributed by atoms with E-state index in [1.807, 2.05) is 6.92 Å². The van der Waals surface area contributed by atoms with Gasteiger partial charge in [0.15, 0.2) is 17.5 Å². The Balaban J connectivity index is 2.48. The standard InChI is InChI=1S/C11H12F3N/c1-2-15-8-4-3-6-5-7(12)10(13)11(14)9(6)8/h5,8,15H,2-4H2,1H3. The van der Waals surface area contributed by atoms with Crippen molar-refractivity contribution >= 4 is 0 Å². The topological polar surface area (TPSA) is 12.0 Å². The molecule has 1 aromatic carbocycles. The molecule has 2 rings (SSSR count). The number of nitrogens with one attached hydrogen (secondary N) is 1. The highest BCUT2D eigenvalue weighted by atomic mass is 19.2. The first-order chi connectivity index (χ1) is 7.15. The van der Waals surface area contributed by atoms with Gasteiger partial charge in [-0.3, -0.25) is 0 Å². The van der Waals surface area contributed by atoms with E-state index in [2.05, 4.69) is 5.32 Å². The fourth-order valence-corrected chi connectivity index (χ4v) is 2.14. The molecule has 0 spiro atoms. The zero-order valence-electron chi connectivity index (χ0n) is 8.41. The van der Waals surface area contributed by atoms with Crippen molar-refractivity contribution in [2.45, 2.75) is 25.8 Å². The number of aryl methyl sites for hydroxylation is 1. The van der Waals surface area contributed by atoms with E-state index in [4.69, 9.17) is 0 Å². The van der Waals surface area contributed by atoms with Crippen LogP contribution in [0.25, 0.3) is 0 Å². The minimum atomic E-state index is -1.36. The van der Waals surface area contributed by atoms with Crippen molar-refractivity contribution in [2.24, 2.45) is 0 Å². The van der Waals surface area contributed by atoms with Gasteiger partial charge in [-0.15, -0.1) is 0 Å². The third kappa shape index (κ3) is 1.63. The highest BCUT2D eigenvalue weighted by molar-refractivity contribution is 5.37. The van der Waals surface area contributed by atoms with Gasteiger partial charge < -0.3 is 5.32 Å². The fraction of sp³-hybridized carbons (Fsp3) is 0.455. The zero-order chi connectivity index (χ0) is 11.0. The Labute approximate surface area is 86.3 Å². The molecule has 0 radical (unpaired) electrons. The first kappa shape index (κ1) is 10.5. The van der Waals surface area contributed by atoms with Crippen molar-refractivity contribution in [1.82, 2.24) is 5.32 Å². The normalized spacial score (nSPS) is 19.3. The van der Waals surface area contributed by atoms with Crippen molar-refractivity contribution in [1.29, 1.82) is 0 Å². The van der Waals surface area contributed by atoms with Crippen LogP contribution in [0.1, 0.15) is 30.5 Å². The lowest BCUT2D eigenvalue weighted by molar-refractivity contribution is 0.430. The van der Waals surface area contributed by atoms with Crippen LogP contribution in [0.3, 0.4) is 0 Å². The maximum atomic E-state index is 13.5. The molecule has 4 heteroatoms. The average Bonchev–Trinajstić information content (AvgIpc) is 2.59. The summed E-state index contributed by atoms with van der Waals surface area (Å²) in [6.45, 7) is 2.58. The van der Waals surface area contributed by atoms with E-state index < -0.39 is 17.5 Å². The SMILES string of the molecule is CCNC1CCc2cc(F)c(F)c(F)c21. The lowest BCUT2D eigenvalue weighted by Crippen LogP contribution is -2.19. The van der Waals surface area contributed by atoms with Crippen LogP contribution in [0.4, 0.5) is 13.2 Å². The van der Waals surface area contributed by atoms with Crippen LogP contribution in [-0.2, 0) is 6.42 Å². The molecule has 1 N–H and O–H groups in total. The van der Waals surface area contributed by atoms with Gasteiger partial charge in [-0.25, -0.2) is 13.2 Å². The molecule has 1 nitrogen and oxygen atoms in total. The van der Waals surface area contributed by atoms with Gasteiger partial charge in [-0.2, -0.15) is 0 Å². The Hall–Kier alpha value is -1.03. The van der Waals surface area contributed by atoms with Crippen molar-refractivity contribution in [3.63, 3.8) is 0 Å². The van der Waals surface area contributed by atoms with Crippen molar-refractivity contribution in [2.75, 3.05) is 6.54 Å². The summed E-state index contributed by atoms with van der Waals surface area (Å²) in [4.78, 5) is 0. The summed E-state index contributed by atoms with van der Waals surface area (Å²) in [5.74, 6) is -3.49. The highest BCUT2D eigenvalue weighted by Gasteiger charge is 2.29. The molecular formula is C11H12F3N. The van der Waals surface area contributed by atoms with Crippen LogP contribution in [0, 0.1) is 17.5 Å². The van der Waals surface area contributed by atoms with Crippen LogP contribution >= 0.6 is 0 Å². The van der Waals surface area contributed by atoms with E-state index in [1.165, 1.54) is 0 Å². The maximum absolute atomic E-state index is 13.5. The Morgan fingerprint density at radius 3 is 2.73 bits per heavy atom. The summed E-state index contributed by atoms with van der Waals surface area (Å²) in [6, 6.07) is 0.922. The van der Waals surface area contributed by atoms with Gasteiger partial charge in [0.2, 0.25) is 0 Å². The lowest BCUT2D eigenvalue weighted by atomic mass is 10.1. The molecule has 1 unspecified atom stereocenters. The van der Waals surface area contributed by atoms with Gasteiger partial charge in [-0.1, -0.05) is 6.92 Å². The molecule has 0 bridgehead atoms. The molecule has 1 atom stereocenters. The minimum absolute atomic E-state index is 0.180. The second-order valence-corrected chi connectivity index (χ2v) is 3.71. The number of hydrogen-bond acceptors (Lipinski definition) is 1. The molecule has 15 heavy (non-hydrogen) atoms. The molecule has 1 aromatic rings. The van der Waals surface area contributed by atoms with Gasteiger partial charge >= 0.3 is 0 Å². The maximum Gasteiger partial charge on any atom is 0.194 e. The molecule has 1 aliphatic carbocycles. The van der Waals surface area contributed by atoms with Crippen LogP contribution in [-0.4, -0.2) is 6.54 Å². The smallest absolute Gasteiger partial charge is 0.194 e. The summed E-state index contributed by atoms with van der Waals surface area (Å²) in [5.41, 5.74) is 0.883. The van der Waals surface area contributed by atoms with E-state index in [9.17, 15) is 13.2 Å². The van der Waals surface area contributed by atoms with Crippen molar-refractivity contribution in [3.8, 4) is 0 Å². The molecule has 0 saturated heterocycles. The Kier molecular flexibility index (Phi) is 2.69. The quantitative estimate of drug-likeness (QED) is 0.748. The largest absolute Gasteiger partial charge is 0.310 e. The molecule has 0 aromatic heterocycles. The molecular weight excluding hydrogens is 203 g/mol. The zero-order valence-corrected chi connectivity index (χ0v) is 8.41. The Morgan fingerprint density at radius 1 is 1.33 bits per heavy atom. The van der Waals surface area contributed by atoms with E-state index in [0.717, 1.165) is 6.07 Å². The van der Waals surface area contributed by atoms with Crippen LogP contribution in [0.5, 0.6) is 0 Å². The molecule has 82 valence electrons. The van der Waals surface area contributed by atoms with Gasteiger partial charge in [0, 0.05) is 11.6 Å². The number of rotatable bonds is 2. The number of halogens is 3. The predicted molar refractivity (Wildman–Crippen MR) is 51.1 cm³/mol. The first-order valence-electron chi connectivity index (χ1n) is 5.04. The third-order valence-corrected chi connectivity index (χ3v) is 2.79. The van der Waals surface area contributed by atoms with E-state index in [1.54, 1.807) is 0 Å². The summed E-state index contributed by atoms with van der Waals surface area (Å²) < 4.78 is 39.4. The van der Waals surface area contributed by atoms with E-state index >= 15 is 0 Å². The molecule has 0 saturated carbocycles. The van der Waals surface area contributed by atoms with Crippen molar-refractivity contribution in [3.05, 3.63) is 34.6 Å². The highest BCUT2D eigenvalue weighted by Crippen LogP contribution is 2.35. The van der Waals surface area contributed by atoms with E-state index in [-0.39, 0.29) is 6.04 Å². The lowest BCUT2D eigenvalue weighted by Gasteiger charge is -2.13. The fourth-order valence-electron chi connectivity index (χ4n) is 2.14. The van der Waals surface area contributed by atoms with Crippen LogP contribution in [0.2, 0.25) is 0 Å². The van der Waals surface area contributed by atoms with Gasteiger partial charge in [0.05, 0.1) is 0 Å². The van der Waals surface area contributed by atoms with Gasteiger partial charge in [-0.05, 0) is 31.0 Å². The minimum Gasteiger partial charge on any atom is -0.310 e. The summed E-state index contributed by atoms with van der Waals surface area (Å²) >= 11 is 0. The Bertz CT molecular complexity index is 390. The molecule has 0 aliphatic heterocycles. The third-order valence-electron chi connectivity index (χ3n) is 2.79. The van der Waals surface area contributed by atoms with Gasteiger partial charge in [0.1, 0.15) is 0 Å². The summed E-state index contributed by atoms with van der Waals surface area (Å²) in [6.07, 6.45) is 1.30. The molecule has 0 fully saturated rings. The second kappa shape index (κ2) is 3.85. The van der Waals surface area contributed by atoms with Crippen LogP contribution < -0.4 is 5.32 Å². The number of fused-ring (bicyclic) bond motifs is 1. The number of hydrogen-bond donors (Lipinski definition) is 1.